The molecular formula is C14H24N6O3S. The lowest BCUT2D eigenvalue weighted by molar-refractivity contribution is -0.119. The van der Waals surface area contributed by atoms with Crippen molar-refractivity contribution in [2.75, 3.05) is 6.61 Å². The summed E-state index contributed by atoms with van der Waals surface area (Å²) < 4.78 is 7.21. The number of ether oxygens (including phenoxy) is 1. The minimum absolute atomic E-state index is 0.106. The summed E-state index contributed by atoms with van der Waals surface area (Å²) >= 11 is 1.21. The molecule has 1 aliphatic rings. The van der Waals surface area contributed by atoms with Crippen molar-refractivity contribution in [1.82, 2.24) is 30.8 Å². The lowest BCUT2D eigenvalue weighted by Gasteiger charge is -2.21. The number of amides is 3. The van der Waals surface area contributed by atoms with Crippen molar-refractivity contribution in [2.45, 2.75) is 69.1 Å². The molecule has 1 aromatic heterocycles. The molecule has 10 heteroatoms. The molecule has 1 aliphatic heterocycles. The predicted octanol–water partition coefficient (Wildman–Crippen LogP) is 0.957. The van der Waals surface area contributed by atoms with Gasteiger partial charge in [-0.2, -0.15) is 0 Å². The van der Waals surface area contributed by atoms with Gasteiger partial charge in [0, 0.05) is 12.1 Å². The van der Waals surface area contributed by atoms with Gasteiger partial charge in [-0.25, -0.2) is 9.48 Å². The van der Waals surface area contributed by atoms with Crippen LogP contribution < -0.4 is 10.6 Å². The number of thioether (sulfide) groups is 1. The summed E-state index contributed by atoms with van der Waals surface area (Å²) in [5, 5.41) is 16.6. The molecule has 134 valence electrons. The maximum absolute atomic E-state index is 12.1. The average Bonchev–Trinajstić information content (AvgIpc) is 3.09. The van der Waals surface area contributed by atoms with Gasteiger partial charge in [0.1, 0.15) is 0 Å². The second-order valence-electron chi connectivity index (χ2n) is 6.73. The fourth-order valence-corrected chi connectivity index (χ4v) is 2.97. The Balaban J connectivity index is 1.87. The number of nitrogens with one attached hydrogen (secondary N) is 2. The topological polar surface area (TPSA) is 111 Å². The molecule has 2 rings (SSSR count). The van der Waals surface area contributed by atoms with Gasteiger partial charge in [-0.15, -0.1) is 5.10 Å². The monoisotopic (exact) mass is 356 g/mol. The van der Waals surface area contributed by atoms with Crippen molar-refractivity contribution in [2.24, 2.45) is 0 Å². The molecule has 0 aliphatic carbocycles. The van der Waals surface area contributed by atoms with Crippen LogP contribution in [0.5, 0.6) is 0 Å². The Morgan fingerprint density at radius 3 is 2.83 bits per heavy atom. The van der Waals surface area contributed by atoms with Crippen LogP contribution in [0.2, 0.25) is 0 Å². The highest BCUT2D eigenvalue weighted by Crippen LogP contribution is 2.22. The fourth-order valence-electron chi connectivity index (χ4n) is 2.17. The number of tetrazole rings is 1. The highest BCUT2D eigenvalue weighted by atomic mass is 32.2. The van der Waals surface area contributed by atoms with Gasteiger partial charge in [0.25, 0.3) is 0 Å². The van der Waals surface area contributed by atoms with E-state index in [1.807, 2.05) is 20.8 Å². The largest absolute Gasteiger partial charge is 0.376 e. The van der Waals surface area contributed by atoms with Gasteiger partial charge in [-0.3, -0.25) is 10.1 Å². The van der Waals surface area contributed by atoms with E-state index in [2.05, 4.69) is 26.2 Å². The minimum atomic E-state index is -0.515. The van der Waals surface area contributed by atoms with Gasteiger partial charge in [0.05, 0.1) is 17.9 Å². The molecule has 0 saturated carbocycles. The van der Waals surface area contributed by atoms with Gasteiger partial charge < -0.3 is 10.1 Å². The summed E-state index contributed by atoms with van der Waals surface area (Å²) in [5.74, 6) is -0.395. The Labute approximate surface area is 145 Å². The highest BCUT2D eigenvalue weighted by molar-refractivity contribution is 8.00. The molecule has 0 spiro atoms. The lowest BCUT2D eigenvalue weighted by Crippen LogP contribution is -2.49. The third kappa shape index (κ3) is 5.75. The highest BCUT2D eigenvalue weighted by Gasteiger charge is 2.24. The molecule has 1 saturated heterocycles. The van der Waals surface area contributed by atoms with E-state index in [4.69, 9.17) is 4.74 Å². The maximum Gasteiger partial charge on any atom is 0.321 e. The van der Waals surface area contributed by atoms with Crippen molar-refractivity contribution < 1.29 is 14.3 Å². The van der Waals surface area contributed by atoms with Crippen LogP contribution in [0.1, 0.15) is 40.5 Å². The molecule has 24 heavy (non-hydrogen) atoms. The first-order valence-corrected chi connectivity index (χ1v) is 8.80. The van der Waals surface area contributed by atoms with Crippen molar-refractivity contribution in [3.05, 3.63) is 0 Å². The summed E-state index contributed by atoms with van der Waals surface area (Å²) in [7, 11) is 0. The summed E-state index contributed by atoms with van der Waals surface area (Å²) in [6, 6.07) is -0.515. The molecule has 2 atom stereocenters. The second-order valence-corrected chi connectivity index (χ2v) is 8.04. The average molecular weight is 356 g/mol. The zero-order valence-electron chi connectivity index (χ0n) is 14.4. The summed E-state index contributed by atoms with van der Waals surface area (Å²) in [6.45, 7) is 8.55. The Kier molecular flexibility index (Phi) is 6.16. The number of hydrogen-bond donors (Lipinski definition) is 2. The lowest BCUT2D eigenvalue weighted by atomic mass is 10.1. The van der Waals surface area contributed by atoms with Gasteiger partial charge >= 0.3 is 6.03 Å². The molecule has 1 aromatic rings. The quantitative estimate of drug-likeness (QED) is 0.756. The van der Waals surface area contributed by atoms with E-state index in [-0.39, 0.29) is 6.10 Å². The molecule has 3 amide bonds. The Morgan fingerprint density at radius 1 is 1.46 bits per heavy atom. The molecule has 0 radical (unpaired) electrons. The van der Waals surface area contributed by atoms with E-state index in [0.717, 1.165) is 19.4 Å². The number of carbonyl (C=O) groups is 2. The fraction of sp³-hybridized carbons (Fsp3) is 0.786. The molecular weight excluding hydrogens is 332 g/mol. The molecule has 0 aromatic carbocycles. The molecule has 0 bridgehead atoms. The molecule has 2 heterocycles. The minimum Gasteiger partial charge on any atom is -0.376 e. The van der Waals surface area contributed by atoms with Gasteiger partial charge in [-0.05, 0) is 51.0 Å². The Morgan fingerprint density at radius 2 is 2.21 bits per heavy atom. The number of urea groups is 1. The molecule has 2 N–H and O–H groups in total. The normalized spacial score (nSPS) is 19.1. The van der Waals surface area contributed by atoms with Crippen LogP contribution in [-0.2, 0) is 16.1 Å². The first-order valence-electron chi connectivity index (χ1n) is 7.92. The van der Waals surface area contributed by atoms with E-state index in [1.54, 1.807) is 11.6 Å². The number of rotatable bonds is 5. The third-order valence-corrected chi connectivity index (χ3v) is 4.35. The smallest absolute Gasteiger partial charge is 0.321 e. The van der Waals surface area contributed by atoms with Crippen molar-refractivity contribution in [3.63, 3.8) is 0 Å². The van der Waals surface area contributed by atoms with Crippen LogP contribution in [0.25, 0.3) is 0 Å². The molecule has 2 unspecified atom stereocenters. The number of imide groups is 1. The Bertz CT molecular complexity index is 579. The first kappa shape index (κ1) is 18.7. The van der Waals surface area contributed by atoms with E-state index >= 15 is 0 Å². The summed E-state index contributed by atoms with van der Waals surface area (Å²) in [5.41, 5.74) is -0.411. The standard InChI is InChI=1S/C14H24N6O3S/c1-9(11(21)15-12(22)16-14(2,3)4)24-13-17-18-19-20(13)8-10-6-5-7-23-10/h9-10H,5-8H2,1-4H3,(H2,15,16,21,22). The van der Waals surface area contributed by atoms with Crippen molar-refractivity contribution in [1.29, 1.82) is 0 Å². The number of nitrogens with zero attached hydrogens (tertiary/aromatic N) is 4. The van der Waals surface area contributed by atoms with Crippen LogP contribution in [0.4, 0.5) is 4.79 Å². The number of hydrogen-bond acceptors (Lipinski definition) is 7. The van der Waals surface area contributed by atoms with Crippen LogP contribution in [0.3, 0.4) is 0 Å². The van der Waals surface area contributed by atoms with Gasteiger partial charge in [0.2, 0.25) is 11.1 Å². The third-order valence-electron chi connectivity index (χ3n) is 3.28. The Hall–Kier alpha value is -1.68. The van der Waals surface area contributed by atoms with E-state index < -0.39 is 22.7 Å². The first-order chi connectivity index (χ1) is 11.2. The van der Waals surface area contributed by atoms with E-state index in [9.17, 15) is 9.59 Å². The van der Waals surface area contributed by atoms with Gasteiger partial charge in [-0.1, -0.05) is 11.8 Å². The second kappa shape index (κ2) is 7.93. The van der Waals surface area contributed by atoms with Crippen molar-refractivity contribution >= 4 is 23.7 Å². The number of aromatic nitrogens is 4. The van der Waals surface area contributed by atoms with E-state index in [0.29, 0.717) is 11.7 Å². The van der Waals surface area contributed by atoms with E-state index in [1.165, 1.54) is 11.8 Å². The van der Waals surface area contributed by atoms with Crippen LogP contribution in [0.15, 0.2) is 5.16 Å². The molecule has 9 nitrogen and oxygen atoms in total. The predicted molar refractivity (Wildman–Crippen MR) is 88.5 cm³/mol. The van der Waals surface area contributed by atoms with Crippen LogP contribution in [-0.4, -0.2) is 55.6 Å². The van der Waals surface area contributed by atoms with Crippen LogP contribution in [0, 0.1) is 0 Å². The number of carbonyl (C=O) groups excluding carboxylic acids is 2. The van der Waals surface area contributed by atoms with Crippen molar-refractivity contribution in [3.8, 4) is 0 Å². The van der Waals surface area contributed by atoms with Crippen LogP contribution >= 0.6 is 11.8 Å². The SMILES string of the molecule is CC(Sc1nnnn1CC1CCCO1)C(=O)NC(=O)NC(C)(C)C. The maximum atomic E-state index is 12.1. The zero-order chi connectivity index (χ0) is 17.7. The molecule has 1 fully saturated rings. The summed E-state index contributed by atoms with van der Waals surface area (Å²) in [4.78, 5) is 23.9. The summed E-state index contributed by atoms with van der Waals surface area (Å²) in [6.07, 6.45) is 2.12. The zero-order valence-corrected chi connectivity index (χ0v) is 15.2. The van der Waals surface area contributed by atoms with Gasteiger partial charge in [0.15, 0.2) is 0 Å².